The summed E-state index contributed by atoms with van der Waals surface area (Å²) in [6.07, 6.45) is 1.88. The molecule has 0 radical (unpaired) electrons. The fourth-order valence-electron chi connectivity index (χ4n) is 1.89. The van der Waals surface area contributed by atoms with Gasteiger partial charge in [0.15, 0.2) is 0 Å². The molecule has 0 amide bonds. The maximum absolute atomic E-state index is 11.4. The normalized spacial score (nSPS) is 10.8. The van der Waals surface area contributed by atoms with Gasteiger partial charge in [-0.1, -0.05) is 0 Å². The Kier molecular flexibility index (Phi) is 7.23. The van der Waals surface area contributed by atoms with Gasteiger partial charge in [0.05, 0.1) is 30.7 Å². The largest absolute Gasteiger partial charge is 0.494 e. The number of methoxy groups -OCH3 is 1. The minimum absolute atomic E-state index is 0.375. The summed E-state index contributed by atoms with van der Waals surface area (Å²) in [5.74, 6) is 1.08. The summed E-state index contributed by atoms with van der Waals surface area (Å²) in [5.41, 5.74) is 1.86. The Morgan fingerprint density at radius 2 is 1.54 bits per heavy atom. The Labute approximate surface area is 146 Å². The van der Waals surface area contributed by atoms with Crippen molar-refractivity contribution in [3.8, 4) is 5.75 Å². The predicted octanol–water partition coefficient (Wildman–Crippen LogP) is 5.29. The molecule has 0 aliphatic rings. The number of rotatable bonds is 8. The third kappa shape index (κ3) is 5.66. The van der Waals surface area contributed by atoms with E-state index in [0.717, 1.165) is 24.3 Å². The Hall–Kier alpha value is -2.40. The van der Waals surface area contributed by atoms with Crippen molar-refractivity contribution in [3.63, 3.8) is 0 Å². The zero-order valence-corrected chi connectivity index (χ0v) is 14.2. The van der Waals surface area contributed by atoms with Crippen LogP contribution in [-0.2, 0) is 4.74 Å². The van der Waals surface area contributed by atoms with Crippen LogP contribution in [0.1, 0.15) is 23.2 Å². The molecule has 0 N–H and O–H groups in total. The van der Waals surface area contributed by atoms with E-state index in [9.17, 15) is 4.79 Å². The van der Waals surface area contributed by atoms with Gasteiger partial charge in [-0.25, -0.2) is 4.79 Å². The molecule has 0 aromatic heterocycles. The summed E-state index contributed by atoms with van der Waals surface area (Å²) < 4.78 is 10.2. The standard InChI is InChI=1S/C18H19ClN2O3/c1-23-18(22)14-4-6-15(7-5-14)20-21-16-8-10-17(11-9-16)24-13-3-2-12-19/h4-11H,2-3,12-13H2,1H3/b21-20+. The lowest BCUT2D eigenvalue weighted by Crippen LogP contribution is -1.99. The van der Waals surface area contributed by atoms with Crippen LogP contribution in [0.15, 0.2) is 58.8 Å². The van der Waals surface area contributed by atoms with Crippen LogP contribution in [0.3, 0.4) is 0 Å². The van der Waals surface area contributed by atoms with Crippen LogP contribution in [0.4, 0.5) is 11.4 Å². The number of carbonyl (C=O) groups is 1. The lowest BCUT2D eigenvalue weighted by atomic mass is 10.2. The molecular formula is C18H19ClN2O3. The van der Waals surface area contributed by atoms with Gasteiger partial charge in [0.2, 0.25) is 0 Å². The number of azo groups is 1. The van der Waals surface area contributed by atoms with Crippen LogP contribution in [0.25, 0.3) is 0 Å². The minimum atomic E-state index is -0.375. The lowest BCUT2D eigenvalue weighted by Gasteiger charge is -2.05. The van der Waals surface area contributed by atoms with Crippen molar-refractivity contribution in [2.75, 3.05) is 19.6 Å². The highest BCUT2D eigenvalue weighted by atomic mass is 35.5. The van der Waals surface area contributed by atoms with Crippen LogP contribution >= 0.6 is 11.6 Å². The lowest BCUT2D eigenvalue weighted by molar-refractivity contribution is 0.0601. The Bertz CT molecular complexity index is 670. The van der Waals surface area contributed by atoms with E-state index in [0.29, 0.717) is 23.7 Å². The molecular weight excluding hydrogens is 328 g/mol. The van der Waals surface area contributed by atoms with Crippen LogP contribution in [0.2, 0.25) is 0 Å². The number of alkyl halides is 1. The van der Waals surface area contributed by atoms with Crippen molar-refractivity contribution < 1.29 is 14.3 Å². The Morgan fingerprint density at radius 1 is 0.958 bits per heavy atom. The zero-order chi connectivity index (χ0) is 17.2. The second kappa shape index (κ2) is 9.67. The number of carbonyl (C=O) groups excluding carboxylic acids is 1. The number of hydrogen-bond donors (Lipinski definition) is 0. The Morgan fingerprint density at radius 3 is 2.08 bits per heavy atom. The van der Waals surface area contributed by atoms with Crippen molar-refractivity contribution in [1.82, 2.24) is 0 Å². The quantitative estimate of drug-likeness (QED) is 0.282. The average Bonchev–Trinajstić information content (AvgIpc) is 2.64. The van der Waals surface area contributed by atoms with Gasteiger partial charge in [-0.2, -0.15) is 10.2 Å². The first-order chi connectivity index (χ1) is 11.7. The van der Waals surface area contributed by atoms with Gasteiger partial charge < -0.3 is 9.47 Å². The summed E-state index contributed by atoms with van der Waals surface area (Å²) in [6, 6.07) is 14.1. The molecule has 0 heterocycles. The first-order valence-electron chi connectivity index (χ1n) is 7.62. The summed E-state index contributed by atoms with van der Waals surface area (Å²) >= 11 is 5.62. The monoisotopic (exact) mass is 346 g/mol. The summed E-state index contributed by atoms with van der Waals surface area (Å²) in [4.78, 5) is 11.4. The molecule has 0 saturated heterocycles. The highest BCUT2D eigenvalue weighted by molar-refractivity contribution is 6.17. The van der Waals surface area contributed by atoms with Crippen molar-refractivity contribution in [1.29, 1.82) is 0 Å². The zero-order valence-electron chi connectivity index (χ0n) is 13.4. The van der Waals surface area contributed by atoms with Gasteiger partial charge in [0.25, 0.3) is 0 Å². The minimum Gasteiger partial charge on any atom is -0.494 e. The molecule has 0 aliphatic carbocycles. The molecule has 24 heavy (non-hydrogen) atoms. The van der Waals surface area contributed by atoms with E-state index < -0.39 is 0 Å². The number of halogens is 1. The summed E-state index contributed by atoms with van der Waals surface area (Å²) in [5, 5.41) is 8.29. The first kappa shape index (κ1) is 17.9. The smallest absolute Gasteiger partial charge is 0.337 e. The number of unbranched alkanes of at least 4 members (excludes halogenated alkanes) is 1. The fourth-order valence-corrected chi connectivity index (χ4v) is 2.08. The molecule has 0 bridgehead atoms. The second-order valence-electron chi connectivity index (χ2n) is 4.98. The van der Waals surface area contributed by atoms with Gasteiger partial charge >= 0.3 is 5.97 Å². The van der Waals surface area contributed by atoms with Crippen molar-refractivity contribution in [3.05, 3.63) is 54.1 Å². The molecule has 126 valence electrons. The summed E-state index contributed by atoms with van der Waals surface area (Å²) in [6.45, 7) is 0.653. The van der Waals surface area contributed by atoms with E-state index in [2.05, 4.69) is 15.0 Å². The van der Waals surface area contributed by atoms with Crippen LogP contribution in [0, 0.1) is 0 Å². The molecule has 0 unspecified atom stereocenters. The summed E-state index contributed by atoms with van der Waals surface area (Å²) in [7, 11) is 1.35. The molecule has 5 nitrogen and oxygen atoms in total. The molecule has 2 rings (SSSR count). The topological polar surface area (TPSA) is 60.2 Å². The molecule has 0 atom stereocenters. The number of benzene rings is 2. The first-order valence-corrected chi connectivity index (χ1v) is 8.15. The van der Waals surface area contributed by atoms with Gasteiger partial charge in [0, 0.05) is 5.88 Å². The van der Waals surface area contributed by atoms with Gasteiger partial charge in [-0.3, -0.25) is 0 Å². The second-order valence-corrected chi connectivity index (χ2v) is 5.35. The Balaban J connectivity index is 1.90. The molecule has 0 spiro atoms. The van der Waals surface area contributed by atoms with Crippen molar-refractivity contribution in [2.24, 2.45) is 10.2 Å². The van der Waals surface area contributed by atoms with Gasteiger partial charge in [-0.05, 0) is 61.4 Å². The van der Waals surface area contributed by atoms with Crippen LogP contribution in [-0.4, -0.2) is 25.6 Å². The van der Waals surface area contributed by atoms with E-state index in [1.807, 2.05) is 24.3 Å². The molecule has 2 aromatic carbocycles. The van der Waals surface area contributed by atoms with Crippen LogP contribution < -0.4 is 4.74 Å². The van der Waals surface area contributed by atoms with E-state index in [-0.39, 0.29) is 5.97 Å². The molecule has 6 heteroatoms. The maximum Gasteiger partial charge on any atom is 0.337 e. The van der Waals surface area contributed by atoms with Crippen molar-refractivity contribution >= 4 is 28.9 Å². The third-order valence-corrected chi connectivity index (χ3v) is 3.47. The molecule has 2 aromatic rings. The number of ether oxygens (including phenoxy) is 2. The van der Waals surface area contributed by atoms with E-state index in [4.69, 9.17) is 16.3 Å². The van der Waals surface area contributed by atoms with E-state index in [1.54, 1.807) is 24.3 Å². The number of hydrogen-bond acceptors (Lipinski definition) is 5. The number of esters is 1. The number of nitrogens with zero attached hydrogens (tertiary/aromatic N) is 2. The van der Waals surface area contributed by atoms with Crippen LogP contribution in [0.5, 0.6) is 5.75 Å². The molecule has 0 aliphatic heterocycles. The van der Waals surface area contributed by atoms with Gasteiger partial charge in [0.1, 0.15) is 5.75 Å². The highest BCUT2D eigenvalue weighted by Gasteiger charge is 2.03. The molecule has 0 fully saturated rings. The average molecular weight is 347 g/mol. The fraction of sp³-hybridized carbons (Fsp3) is 0.278. The van der Waals surface area contributed by atoms with E-state index in [1.165, 1.54) is 7.11 Å². The molecule has 0 saturated carbocycles. The predicted molar refractivity (Wildman–Crippen MR) is 93.8 cm³/mol. The third-order valence-electron chi connectivity index (χ3n) is 3.20. The maximum atomic E-state index is 11.4. The van der Waals surface area contributed by atoms with Gasteiger partial charge in [-0.15, -0.1) is 11.6 Å². The van der Waals surface area contributed by atoms with E-state index >= 15 is 0 Å². The van der Waals surface area contributed by atoms with Crippen molar-refractivity contribution in [2.45, 2.75) is 12.8 Å². The SMILES string of the molecule is COC(=O)c1ccc(/N=N/c2ccc(OCCCCCl)cc2)cc1. The highest BCUT2D eigenvalue weighted by Crippen LogP contribution is 2.22.